The molecular weight excluding hydrogens is 301 g/mol. The molecule has 2 rings (SSSR count). The summed E-state index contributed by atoms with van der Waals surface area (Å²) >= 11 is 5.92. The third-order valence-electron chi connectivity index (χ3n) is 2.84. The molecule has 106 valence electrons. The zero-order chi connectivity index (χ0) is 14.8. The molecule has 0 fully saturated rings. The van der Waals surface area contributed by atoms with Gasteiger partial charge in [-0.05, 0) is 29.8 Å². The largest absolute Gasteiger partial charge is 0.244 e. The molecule has 0 radical (unpaired) electrons. The Kier molecular flexibility index (Phi) is 4.42. The Hall–Kier alpha value is -1.43. The number of hydrogen-bond donors (Lipinski definition) is 0. The van der Waals surface area contributed by atoms with Crippen molar-refractivity contribution in [2.24, 2.45) is 0 Å². The quantitative estimate of drug-likeness (QED) is 0.868. The maximum atomic E-state index is 12.8. The topological polar surface area (TPSA) is 37.4 Å². The number of hydrogen-bond acceptors (Lipinski definition) is 2. The van der Waals surface area contributed by atoms with Crippen LogP contribution in [0, 0.1) is 5.82 Å². The zero-order valence-corrected chi connectivity index (χ0v) is 12.3. The van der Waals surface area contributed by atoms with Gasteiger partial charge >= 0.3 is 0 Å². The third kappa shape index (κ3) is 3.17. The molecule has 2 aromatic rings. The molecule has 3 nitrogen and oxygen atoms in total. The lowest BCUT2D eigenvalue weighted by Crippen LogP contribution is -2.26. The maximum absolute atomic E-state index is 12.8. The van der Waals surface area contributed by atoms with Crippen molar-refractivity contribution in [1.29, 1.82) is 0 Å². The van der Waals surface area contributed by atoms with Crippen molar-refractivity contribution < 1.29 is 12.8 Å². The molecule has 0 aromatic heterocycles. The van der Waals surface area contributed by atoms with E-state index in [2.05, 4.69) is 0 Å². The fourth-order valence-corrected chi connectivity index (χ4v) is 3.40. The molecule has 20 heavy (non-hydrogen) atoms. The van der Waals surface area contributed by atoms with Crippen LogP contribution in [0.3, 0.4) is 0 Å². The average molecular weight is 314 g/mol. The number of sulfonamides is 1. The van der Waals surface area contributed by atoms with Gasteiger partial charge in [0.05, 0.1) is 5.02 Å². The molecule has 0 amide bonds. The van der Waals surface area contributed by atoms with Crippen LogP contribution >= 0.6 is 11.6 Å². The van der Waals surface area contributed by atoms with E-state index < -0.39 is 10.0 Å². The summed E-state index contributed by atoms with van der Waals surface area (Å²) in [5, 5.41) is 0.179. The second-order valence-electron chi connectivity index (χ2n) is 4.32. The first-order valence-electron chi connectivity index (χ1n) is 5.86. The minimum atomic E-state index is -3.67. The normalized spacial score (nSPS) is 11.8. The summed E-state index contributed by atoms with van der Waals surface area (Å²) in [6.45, 7) is 0.147. The number of halogens is 2. The van der Waals surface area contributed by atoms with Gasteiger partial charge in [-0.2, -0.15) is 4.31 Å². The van der Waals surface area contributed by atoms with Crippen molar-refractivity contribution in [1.82, 2.24) is 4.31 Å². The molecule has 0 saturated heterocycles. The second-order valence-corrected chi connectivity index (χ2v) is 6.74. The summed E-state index contributed by atoms with van der Waals surface area (Å²) in [6.07, 6.45) is 0. The van der Waals surface area contributed by atoms with Crippen molar-refractivity contribution >= 4 is 21.6 Å². The second kappa shape index (κ2) is 5.91. The van der Waals surface area contributed by atoms with Crippen LogP contribution in [0.5, 0.6) is 0 Å². The summed E-state index contributed by atoms with van der Waals surface area (Å²) in [6, 6.07) is 12.0. The highest BCUT2D eigenvalue weighted by Gasteiger charge is 2.23. The van der Waals surface area contributed by atoms with Crippen molar-refractivity contribution in [2.45, 2.75) is 11.4 Å². The molecule has 6 heteroatoms. The Labute approximate surface area is 122 Å². The molecular formula is C14H13ClFNO2S. The summed E-state index contributed by atoms with van der Waals surface area (Å²) < 4.78 is 38.8. The molecule has 0 atom stereocenters. The van der Waals surface area contributed by atoms with Gasteiger partial charge in [-0.15, -0.1) is 0 Å². The fourth-order valence-electron chi connectivity index (χ4n) is 1.75. The van der Waals surface area contributed by atoms with E-state index in [0.29, 0.717) is 5.56 Å². The third-order valence-corrected chi connectivity index (χ3v) is 5.15. The lowest BCUT2D eigenvalue weighted by molar-refractivity contribution is 0.466. The monoisotopic (exact) mass is 313 g/mol. The predicted octanol–water partition coefficient (Wildman–Crippen LogP) is 3.30. The zero-order valence-electron chi connectivity index (χ0n) is 10.8. The first-order valence-corrected chi connectivity index (χ1v) is 7.68. The van der Waals surface area contributed by atoms with Crippen LogP contribution in [0.15, 0.2) is 53.4 Å². The Morgan fingerprint density at radius 2 is 1.70 bits per heavy atom. The van der Waals surface area contributed by atoms with Gasteiger partial charge < -0.3 is 0 Å². The first kappa shape index (κ1) is 15.0. The van der Waals surface area contributed by atoms with E-state index >= 15 is 0 Å². The van der Waals surface area contributed by atoms with E-state index in [1.165, 1.54) is 35.6 Å². The van der Waals surface area contributed by atoms with E-state index in [1.807, 2.05) is 0 Å². The first-order chi connectivity index (χ1) is 9.41. The van der Waals surface area contributed by atoms with Crippen LogP contribution in [0.25, 0.3) is 0 Å². The van der Waals surface area contributed by atoms with Gasteiger partial charge in [0.15, 0.2) is 0 Å². The van der Waals surface area contributed by atoms with Gasteiger partial charge in [-0.25, -0.2) is 12.8 Å². The van der Waals surface area contributed by atoms with Gasteiger partial charge in [0, 0.05) is 13.6 Å². The highest BCUT2D eigenvalue weighted by atomic mass is 35.5. The Bertz CT molecular complexity index is 701. The van der Waals surface area contributed by atoms with Gasteiger partial charge in [-0.3, -0.25) is 0 Å². The Morgan fingerprint density at radius 1 is 1.10 bits per heavy atom. The number of benzene rings is 2. The van der Waals surface area contributed by atoms with Gasteiger partial charge in [0.25, 0.3) is 0 Å². The van der Waals surface area contributed by atoms with Gasteiger partial charge in [0.2, 0.25) is 10.0 Å². The van der Waals surface area contributed by atoms with Crippen molar-refractivity contribution in [3.63, 3.8) is 0 Å². The van der Waals surface area contributed by atoms with Crippen LogP contribution in [-0.4, -0.2) is 19.8 Å². The molecule has 0 N–H and O–H groups in total. The van der Waals surface area contributed by atoms with Crippen LogP contribution in [0.4, 0.5) is 4.39 Å². The van der Waals surface area contributed by atoms with E-state index in [9.17, 15) is 12.8 Å². The summed E-state index contributed by atoms with van der Waals surface area (Å²) in [7, 11) is -2.21. The molecule has 2 aromatic carbocycles. The number of nitrogens with zero attached hydrogens (tertiary/aromatic N) is 1. The van der Waals surface area contributed by atoms with Gasteiger partial charge in [-0.1, -0.05) is 35.9 Å². The Balaban J connectivity index is 2.26. The highest BCUT2D eigenvalue weighted by molar-refractivity contribution is 7.89. The van der Waals surface area contributed by atoms with Crippen molar-refractivity contribution in [2.75, 3.05) is 7.05 Å². The summed E-state index contributed by atoms with van der Waals surface area (Å²) in [5.74, 6) is -0.356. The van der Waals surface area contributed by atoms with Crippen LogP contribution in [0.2, 0.25) is 5.02 Å². The molecule has 0 heterocycles. The summed E-state index contributed by atoms with van der Waals surface area (Å²) in [4.78, 5) is 0.0614. The SMILES string of the molecule is CN(Cc1ccc(F)cc1)S(=O)(=O)c1ccccc1Cl. The lowest BCUT2D eigenvalue weighted by atomic mass is 10.2. The average Bonchev–Trinajstić information content (AvgIpc) is 2.41. The van der Waals surface area contributed by atoms with E-state index in [-0.39, 0.29) is 22.3 Å². The molecule has 0 aliphatic heterocycles. The Morgan fingerprint density at radius 3 is 2.30 bits per heavy atom. The minimum Gasteiger partial charge on any atom is -0.207 e. The molecule has 0 aliphatic carbocycles. The van der Waals surface area contributed by atoms with Gasteiger partial charge in [0.1, 0.15) is 10.7 Å². The summed E-state index contributed by atoms with van der Waals surface area (Å²) in [5.41, 5.74) is 0.699. The van der Waals surface area contributed by atoms with Crippen molar-refractivity contribution in [3.8, 4) is 0 Å². The molecule has 0 saturated carbocycles. The van der Waals surface area contributed by atoms with Crippen molar-refractivity contribution in [3.05, 3.63) is 64.9 Å². The lowest BCUT2D eigenvalue weighted by Gasteiger charge is -2.18. The van der Waals surface area contributed by atoms with E-state index in [4.69, 9.17) is 11.6 Å². The fraction of sp³-hybridized carbons (Fsp3) is 0.143. The maximum Gasteiger partial charge on any atom is 0.244 e. The van der Waals surface area contributed by atoms with Crippen LogP contribution < -0.4 is 0 Å². The predicted molar refractivity (Wildman–Crippen MR) is 76.5 cm³/mol. The molecule has 0 aliphatic rings. The standard InChI is InChI=1S/C14H13ClFNO2S/c1-17(10-11-6-8-12(16)9-7-11)20(18,19)14-5-3-2-4-13(14)15/h2-9H,10H2,1H3. The number of rotatable bonds is 4. The highest BCUT2D eigenvalue weighted by Crippen LogP contribution is 2.24. The minimum absolute atomic E-state index is 0.0614. The molecule has 0 unspecified atom stereocenters. The smallest absolute Gasteiger partial charge is 0.207 e. The van der Waals surface area contributed by atoms with Crippen LogP contribution in [0.1, 0.15) is 5.56 Å². The van der Waals surface area contributed by atoms with Crippen LogP contribution in [-0.2, 0) is 16.6 Å². The molecule has 0 bridgehead atoms. The molecule has 0 spiro atoms. The van der Waals surface area contributed by atoms with E-state index in [1.54, 1.807) is 24.3 Å². The van der Waals surface area contributed by atoms with E-state index in [0.717, 1.165) is 0 Å².